The number of fused-ring (bicyclic) bond motifs is 3. The Labute approximate surface area is 137 Å². The second-order valence-electron chi connectivity index (χ2n) is 6.98. The molecule has 1 heterocycles. The van der Waals surface area contributed by atoms with E-state index < -0.39 is 0 Å². The van der Waals surface area contributed by atoms with Crippen LogP contribution < -0.4 is 0 Å². The van der Waals surface area contributed by atoms with E-state index in [2.05, 4.69) is 98.2 Å². The number of para-hydroxylation sites is 1. The minimum atomic E-state index is 0.0816. The molecule has 0 saturated heterocycles. The van der Waals surface area contributed by atoms with E-state index in [1.54, 1.807) is 0 Å². The molecule has 0 aliphatic heterocycles. The summed E-state index contributed by atoms with van der Waals surface area (Å²) in [7, 11) is 0. The normalized spacial score (nSPS) is 15.6. The lowest BCUT2D eigenvalue weighted by atomic mass is 9.93. The van der Waals surface area contributed by atoms with Gasteiger partial charge in [0, 0.05) is 22.1 Å². The van der Waals surface area contributed by atoms with Gasteiger partial charge in [-0.3, -0.25) is 0 Å². The van der Waals surface area contributed by atoms with E-state index in [0.717, 1.165) is 0 Å². The van der Waals surface area contributed by atoms with Gasteiger partial charge >= 0.3 is 0 Å². The first-order chi connectivity index (χ1) is 11.1. The van der Waals surface area contributed by atoms with Crippen molar-refractivity contribution in [2.75, 3.05) is 0 Å². The van der Waals surface area contributed by atoms with Crippen LogP contribution in [0.2, 0.25) is 0 Å². The van der Waals surface area contributed by atoms with Crippen LogP contribution in [-0.2, 0) is 0 Å². The summed E-state index contributed by atoms with van der Waals surface area (Å²) in [5.74, 6) is 0. The molecule has 0 amide bonds. The lowest BCUT2D eigenvalue weighted by Gasteiger charge is -2.13. The van der Waals surface area contributed by atoms with E-state index in [-0.39, 0.29) is 5.41 Å². The van der Waals surface area contributed by atoms with Crippen molar-refractivity contribution in [2.45, 2.75) is 20.8 Å². The molecule has 0 bridgehead atoms. The first-order valence-electron chi connectivity index (χ1n) is 8.14. The molecule has 0 N–H and O–H groups in total. The maximum Gasteiger partial charge on any atom is 0.0541 e. The molecule has 0 atom stereocenters. The third-order valence-electron chi connectivity index (χ3n) is 4.59. The zero-order valence-electron chi connectivity index (χ0n) is 13.9. The van der Waals surface area contributed by atoms with Gasteiger partial charge in [-0.2, -0.15) is 0 Å². The smallest absolute Gasteiger partial charge is 0.0541 e. The molecular weight excluding hydrogens is 278 g/mol. The van der Waals surface area contributed by atoms with Crippen LogP contribution in [0.1, 0.15) is 30.7 Å². The monoisotopic (exact) mass is 299 g/mol. The van der Waals surface area contributed by atoms with Crippen molar-refractivity contribution in [2.24, 2.45) is 5.41 Å². The van der Waals surface area contributed by atoms with Gasteiger partial charge in [0.05, 0.1) is 11.2 Å². The Balaban J connectivity index is 2.07. The number of aromatic nitrogens is 1. The van der Waals surface area contributed by atoms with Crippen molar-refractivity contribution in [3.63, 3.8) is 0 Å². The van der Waals surface area contributed by atoms with Crippen LogP contribution >= 0.6 is 0 Å². The Hall–Kier alpha value is -2.54. The number of benzene rings is 2. The Morgan fingerprint density at radius 3 is 2.30 bits per heavy atom. The molecule has 1 heteroatoms. The summed E-state index contributed by atoms with van der Waals surface area (Å²) in [6, 6.07) is 17.4. The van der Waals surface area contributed by atoms with Crippen LogP contribution in [0.3, 0.4) is 0 Å². The summed E-state index contributed by atoms with van der Waals surface area (Å²) in [5.41, 5.74) is 6.41. The third-order valence-corrected chi connectivity index (χ3v) is 4.59. The Kier molecular flexibility index (Phi) is 3.05. The molecule has 1 nitrogen and oxygen atoms in total. The average molecular weight is 299 g/mol. The second-order valence-corrected chi connectivity index (χ2v) is 6.98. The number of nitrogens with zero attached hydrogens (tertiary/aromatic N) is 1. The van der Waals surface area contributed by atoms with Gasteiger partial charge in [-0.05, 0) is 31.2 Å². The first-order valence-corrected chi connectivity index (χ1v) is 8.14. The van der Waals surface area contributed by atoms with E-state index >= 15 is 0 Å². The highest BCUT2D eigenvalue weighted by atomic mass is 15.0. The second kappa shape index (κ2) is 4.99. The van der Waals surface area contributed by atoms with Gasteiger partial charge in [0.1, 0.15) is 0 Å². The number of allylic oxidation sites excluding steroid dienone is 2. The van der Waals surface area contributed by atoms with Crippen molar-refractivity contribution >= 4 is 23.1 Å². The number of aryl methyl sites for hydroxylation is 1. The van der Waals surface area contributed by atoms with Gasteiger partial charge in [0.15, 0.2) is 0 Å². The summed E-state index contributed by atoms with van der Waals surface area (Å²) in [6.45, 7) is 6.61. The lowest BCUT2D eigenvalue weighted by molar-refractivity contribution is 0.633. The standard InChI is InChI=1S/C22H21N/c1-16-8-10-17(11-9-16)23-20-7-5-4-6-18(20)19-12-14-22(2,3)15-13-21(19)23/h4-15H,1-3H3. The van der Waals surface area contributed by atoms with Gasteiger partial charge in [-0.15, -0.1) is 0 Å². The highest BCUT2D eigenvalue weighted by molar-refractivity contribution is 5.96. The molecule has 0 spiro atoms. The van der Waals surface area contributed by atoms with Gasteiger partial charge in [0.2, 0.25) is 0 Å². The van der Waals surface area contributed by atoms with Crippen molar-refractivity contribution < 1.29 is 0 Å². The summed E-state index contributed by atoms with van der Waals surface area (Å²) >= 11 is 0. The van der Waals surface area contributed by atoms with Gasteiger partial charge < -0.3 is 4.57 Å². The molecule has 4 rings (SSSR count). The molecule has 1 aromatic heterocycles. The molecule has 0 saturated carbocycles. The highest BCUT2D eigenvalue weighted by Crippen LogP contribution is 2.36. The minimum Gasteiger partial charge on any atom is -0.309 e. The Bertz CT molecular complexity index is 934. The van der Waals surface area contributed by atoms with Crippen LogP contribution in [-0.4, -0.2) is 4.57 Å². The number of hydrogen-bond donors (Lipinski definition) is 0. The van der Waals surface area contributed by atoms with E-state index in [1.807, 2.05) is 0 Å². The fraction of sp³-hybridized carbons (Fsp3) is 0.182. The van der Waals surface area contributed by atoms with Gasteiger partial charge in [-0.1, -0.05) is 68.0 Å². The molecule has 1 aliphatic rings. The molecule has 0 radical (unpaired) electrons. The van der Waals surface area contributed by atoms with Crippen LogP contribution in [0.25, 0.3) is 28.7 Å². The van der Waals surface area contributed by atoms with Crippen LogP contribution in [0.15, 0.2) is 60.7 Å². The van der Waals surface area contributed by atoms with Crippen molar-refractivity contribution in [3.8, 4) is 5.69 Å². The number of rotatable bonds is 1. The largest absolute Gasteiger partial charge is 0.309 e. The van der Waals surface area contributed by atoms with E-state index in [4.69, 9.17) is 0 Å². The minimum absolute atomic E-state index is 0.0816. The summed E-state index contributed by atoms with van der Waals surface area (Å²) in [4.78, 5) is 0. The lowest BCUT2D eigenvalue weighted by Crippen LogP contribution is -2.01. The summed E-state index contributed by atoms with van der Waals surface area (Å²) in [6.07, 6.45) is 9.14. The van der Waals surface area contributed by atoms with Crippen LogP contribution in [0, 0.1) is 12.3 Å². The third kappa shape index (κ3) is 2.33. The molecule has 114 valence electrons. The van der Waals surface area contributed by atoms with Gasteiger partial charge in [0.25, 0.3) is 0 Å². The van der Waals surface area contributed by atoms with Crippen molar-refractivity contribution in [3.05, 3.63) is 77.5 Å². The molecule has 0 fully saturated rings. The predicted molar refractivity (Wildman–Crippen MR) is 99.9 cm³/mol. The zero-order chi connectivity index (χ0) is 16.0. The van der Waals surface area contributed by atoms with Crippen molar-refractivity contribution in [1.29, 1.82) is 0 Å². The summed E-state index contributed by atoms with van der Waals surface area (Å²) in [5, 5.41) is 1.31. The quantitative estimate of drug-likeness (QED) is 0.519. The van der Waals surface area contributed by atoms with Gasteiger partial charge in [-0.25, -0.2) is 0 Å². The Morgan fingerprint density at radius 2 is 1.52 bits per heavy atom. The molecular formula is C22H21N. The number of hydrogen-bond acceptors (Lipinski definition) is 0. The first kappa shape index (κ1) is 14.1. The fourth-order valence-electron chi connectivity index (χ4n) is 3.24. The molecule has 2 aromatic carbocycles. The average Bonchev–Trinajstić information content (AvgIpc) is 2.76. The van der Waals surface area contributed by atoms with Crippen LogP contribution in [0.4, 0.5) is 0 Å². The molecule has 23 heavy (non-hydrogen) atoms. The Morgan fingerprint density at radius 1 is 0.826 bits per heavy atom. The highest BCUT2D eigenvalue weighted by Gasteiger charge is 2.19. The maximum atomic E-state index is 2.37. The maximum absolute atomic E-state index is 2.37. The molecule has 3 aromatic rings. The zero-order valence-corrected chi connectivity index (χ0v) is 13.9. The SMILES string of the molecule is Cc1ccc(-n2c3c(c4ccccc42)C=CC(C)(C)C=C3)cc1. The van der Waals surface area contributed by atoms with E-state index in [0.29, 0.717) is 0 Å². The van der Waals surface area contributed by atoms with E-state index in [9.17, 15) is 0 Å². The topological polar surface area (TPSA) is 4.93 Å². The van der Waals surface area contributed by atoms with Crippen LogP contribution in [0.5, 0.6) is 0 Å². The molecule has 0 unspecified atom stereocenters. The van der Waals surface area contributed by atoms with E-state index in [1.165, 1.54) is 33.4 Å². The predicted octanol–water partition coefficient (Wildman–Crippen LogP) is 6.01. The van der Waals surface area contributed by atoms with Crippen molar-refractivity contribution in [1.82, 2.24) is 4.57 Å². The summed E-state index contributed by atoms with van der Waals surface area (Å²) < 4.78 is 2.37. The fourth-order valence-corrected chi connectivity index (χ4v) is 3.24. The molecule has 1 aliphatic carbocycles.